The number of rotatable bonds is 9. The topological polar surface area (TPSA) is 64.6 Å². The first-order valence-electron chi connectivity index (χ1n) is 7.93. The second-order valence-electron chi connectivity index (χ2n) is 5.67. The lowest BCUT2D eigenvalue weighted by molar-refractivity contribution is 0.254. The molecule has 0 fully saturated rings. The van der Waals surface area contributed by atoms with Gasteiger partial charge in [0.05, 0.1) is 12.4 Å². The third-order valence-corrected chi connectivity index (χ3v) is 5.34. The van der Waals surface area contributed by atoms with Crippen molar-refractivity contribution in [3.8, 4) is 11.5 Å². The first-order valence-corrected chi connectivity index (χ1v) is 10.1. The number of hydrogen-bond donors (Lipinski definition) is 1. The fourth-order valence-corrected chi connectivity index (χ4v) is 3.85. The van der Waals surface area contributed by atoms with Crippen LogP contribution in [0.2, 0.25) is 0 Å². The molecule has 130 valence electrons. The smallest absolute Gasteiger partial charge is 0.211 e. The Labute approximate surface area is 143 Å². The fourth-order valence-electron chi connectivity index (χ4n) is 2.56. The van der Waals surface area contributed by atoms with E-state index in [4.69, 9.17) is 21.1 Å². The molecule has 1 aromatic rings. The van der Waals surface area contributed by atoms with Crippen molar-refractivity contribution < 1.29 is 17.9 Å². The van der Waals surface area contributed by atoms with Crippen LogP contribution < -0.4 is 14.2 Å². The standard InChI is InChI=1S/C16H24ClNO4S/c1-3-21-15-9-13-8-12(2)22-16(13)10-14(15)11-18-23(19,20)7-5-4-6-17/h9-10,12,18H,3-8,11H2,1-2H3. The average molecular weight is 362 g/mol. The van der Waals surface area contributed by atoms with Gasteiger partial charge < -0.3 is 9.47 Å². The number of unbranched alkanes of at least 4 members (excludes halogenated alkanes) is 1. The van der Waals surface area contributed by atoms with Crippen molar-refractivity contribution in [1.29, 1.82) is 0 Å². The number of benzene rings is 1. The molecule has 0 amide bonds. The van der Waals surface area contributed by atoms with E-state index in [1.165, 1.54) is 0 Å². The van der Waals surface area contributed by atoms with Crippen molar-refractivity contribution in [2.24, 2.45) is 0 Å². The van der Waals surface area contributed by atoms with Crippen molar-refractivity contribution in [1.82, 2.24) is 4.72 Å². The van der Waals surface area contributed by atoms with E-state index in [0.717, 1.165) is 23.3 Å². The molecule has 0 radical (unpaired) electrons. The molecule has 1 heterocycles. The second kappa shape index (κ2) is 8.22. The lowest BCUT2D eigenvalue weighted by Gasteiger charge is -2.13. The van der Waals surface area contributed by atoms with E-state index in [0.29, 0.717) is 31.1 Å². The lowest BCUT2D eigenvalue weighted by atomic mass is 10.1. The molecule has 0 bridgehead atoms. The van der Waals surface area contributed by atoms with E-state index in [9.17, 15) is 8.42 Å². The van der Waals surface area contributed by atoms with Gasteiger partial charge in [-0.3, -0.25) is 0 Å². The molecule has 1 N–H and O–H groups in total. The number of ether oxygens (including phenoxy) is 2. The average Bonchev–Trinajstić information content (AvgIpc) is 2.84. The Morgan fingerprint density at radius 2 is 2.17 bits per heavy atom. The molecule has 1 aliphatic heterocycles. The van der Waals surface area contributed by atoms with Crippen LogP contribution in [0.1, 0.15) is 37.8 Å². The lowest BCUT2D eigenvalue weighted by Crippen LogP contribution is -2.26. The maximum atomic E-state index is 12.0. The minimum absolute atomic E-state index is 0.0855. The number of hydrogen-bond acceptors (Lipinski definition) is 4. The summed E-state index contributed by atoms with van der Waals surface area (Å²) in [5.74, 6) is 2.09. The molecule has 0 aromatic heterocycles. The van der Waals surface area contributed by atoms with Gasteiger partial charge in [-0.15, -0.1) is 11.6 Å². The monoisotopic (exact) mass is 361 g/mol. The molecule has 1 aromatic carbocycles. The van der Waals surface area contributed by atoms with Crippen LogP contribution in [-0.2, 0) is 23.0 Å². The Morgan fingerprint density at radius 3 is 2.87 bits per heavy atom. The highest BCUT2D eigenvalue weighted by Gasteiger charge is 2.22. The predicted octanol–water partition coefficient (Wildman–Crippen LogP) is 2.85. The van der Waals surface area contributed by atoms with Crippen LogP contribution in [0.4, 0.5) is 0 Å². The molecular formula is C16H24ClNO4S. The molecule has 23 heavy (non-hydrogen) atoms. The molecule has 2 rings (SSSR count). The molecule has 0 aliphatic carbocycles. The summed E-state index contributed by atoms with van der Waals surface area (Å²) < 4.78 is 38.0. The van der Waals surface area contributed by atoms with Crippen LogP contribution >= 0.6 is 11.6 Å². The molecular weight excluding hydrogens is 338 g/mol. The van der Waals surface area contributed by atoms with Gasteiger partial charge in [0.2, 0.25) is 10.0 Å². The first-order chi connectivity index (χ1) is 10.9. The van der Waals surface area contributed by atoms with Crippen LogP contribution in [0.3, 0.4) is 0 Å². The summed E-state index contributed by atoms with van der Waals surface area (Å²) in [6.07, 6.45) is 2.24. The fraction of sp³-hybridized carbons (Fsp3) is 0.625. The summed E-state index contributed by atoms with van der Waals surface area (Å²) in [4.78, 5) is 0. The molecule has 0 saturated carbocycles. The van der Waals surface area contributed by atoms with Crippen molar-refractivity contribution >= 4 is 21.6 Å². The molecule has 5 nitrogen and oxygen atoms in total. The summed E-state index contributed by atoms with van der Waals surface area (Å²) in [6.45, 7) is 4.65. The minimum Gasteiger partial charge on any atom is -0.494 e. The van der Waals surface area contributed by atoms with E-state index in [-0.39, 0.29) is 18.4 Å². The SMILES string of the molecule is CCOc1cc2c(cc1CNS(=O)(=O)CCCCCl)OC(C)C2. The van der Waals surface area contributed by atoms with Gasteiger partial charge in [0, 0.05) is 30.0 Å². The first kappa shape index (κ1) is 18.4. The zero-order valence-electron chi connectivity index (χ0n) is 13.6. The van der Waals surface area contributed by atoms with Gasteiger partial charge in [-0.2, -0.15) is 0 Å². The summed E-state index contributed by atoms with van der Waals surface area (Å²) in [5.41, 5.74) is 1.90. The summed E-state index contributed by atoms with van der Waals surface area (Å²) in [5, 5.41) is 0. The van der Waals surface area contributed by atoms with Crippen LogP contribution in [0.25, 0.3) is 0 Å². The predicted molar refractivity (Wildman–Crippen MR) is 92.0 cm³/mol. The summed E-state index contributed by atoms with van der Waals surface area (Å²) in [7, 11) is -3.31. The second-order valence-corrected chi connectivity index (χ2v) is 7.97. The van der Waals surface area contributed by atoms with Gasteiger partial charge in [-0.25, -0.2) is 13.1 Å². The van der Waals surface area contributed by atoms with E-state index in [1.54, 1.807) is 0 Å². The highest BCUT2D eigenvalue weighted by molar-refractivity contribution is 7.89. The van der Waals surface area contributed by atoms with Gasteiger partial charge in [-0.05, 0) is 38.8 Å². The normalized spacial score (nSPS) is 16.9. The highest BCUT2D eigenvalue weighted by Crippen LogP contribution is 2.35. The molecule has 1 unspecified atom stereocenters. The van der Waals surface area contributed by atoms with E-state index in [1.807, 2.05) is 26.0 Å². The van der Waals surface area contributed by atoms with Crippen molar-refractivity contribution in [3.05, 3.63) is 23.3 Å². The Bertz CT molecular complexity index is 633. The van der Waals surface area contributed by atoms with Gasteiger partial charge in [-0.1, -0.05) is 0 Å². The van der Waals surface area contributed by atoms with Gasteiger partial charge in [0.25, 0.3) is 0 Å². The van der Waals surface area contributed by atoms with Crippen molar-refractivity contribution in [3.63, 3.8) is 0 Å². The number of alkyl halides is 1. The van der Waals surface area contributed by atoms with E-state index < -0.39 is 10.0 Å². The van der Waals surface area contributed by atoms with E-state index in [2.05, 4.69) is 4.72 Å². The molecule has 0 saturated heterocycles. The molecule has 0 spiro atoms. The van der Waals surface area contributed by atoms with Crippen LogP contribution in [0.15, 0.2) is 12.1 Å². The number of nitrogens with one attached hydrogen (secondary N) is 1. The Morgan fingerprint density at radius 1 is 1.39 bits per heavy atom. The Balaban J connectivity index is 2.08. The zero-order valence-corrected chi connectivity index (χ0v) is 15.2. The van der Waals surface area contributed by atoms with Gasteiger partial charge in [0.1, 0.15) is 17.6 Å². The van der Waals surface area contributed by atoms with Crippen molar-refractivity contribution in [2.45, 2.75) is 45.8 Å². The maximum absolute atomic E-state index is 12.0. The molecule has 7 heteroatoms. The van der Waals surface area contributed by atoms with Gasteiger partial charge >= 0.3 is 0 Å². The largest absolute Gasteiger partial charge is 0.494 e. The van der Waals surface area contributed by atoms with E-state index >= 15 is 0 Å². The molecule has 1 aliphatic rings. The third-order valence-electron chi connectivity index (χ3n) is 3.66. The third kappa shape index (κ3) is 5.26. The highest BCUT2D eigenvalue weighted by atomic mass is 35.5. The maximum Gasteiger partial charge on any atom is 0.211 e. The van der Waals surface area contributed by atoms with Crippen molar-refractivity contribution in [2.75, 3.05) is 18.2 Å². The van der Waals surface area contributed by atoms with Gasteiger partial charge in [0.15, 0.2) is 0 Å². The van der Waals surface area contributed by atoms with Crippen LogP contribution in [-0.4, -0.2) is 32.8 Å². The Hall–Kier alpha value is -0.980. The number of halogens is 1. The Kier molecular flexibility index (Phi) is 6.56. The number of fused-ring (bicyclic) bond motifs is 1. The summed E-state index contributed by atoms with van der Waals surface area (Å²) >= 11 is 5.58. The quantitative estimate of drug-likeness (QED) is 0.542. The zero-order chi connectivity index (χ0) is 16.9. The van der Waals surface area contributed by atoms with Crippen LogP contribution in [0, 0.1) is 0 Å². The minimum atomic E-state index is -3.31. The summed E-state index contributed by atoms with van der Waals surface area (Å²) in [6, 6.07) is 3.84. The van der Waals surface area contributed by atoms with Crippen LogP contribution in [0.5, 0.6) is 11.5 Å². The molecule has 1 atom stereocenters. The number of sulfonamides is 1.